The molecule has 0 atom stereocenters. The third-order valence-electron chi connectivity index (χ3n) is 4.26. The summed E-state index contributed by atoms with van der Waals surface area (Å²) >= 11 is 0. The van der Waals surface area contributed by atoms with E-state index in [-0.39, 0.29) is 11.5 Å². The van der Waals surface area contributed by atoms with Crippen LogP contribution in [0.4, 0.5) is 5.69 Å². The fourth-order valence-electron chi connectivity index (χ4n) is 2.98. The van der Waals surface area contributed by atoms with E-state index in [1.54, 1.807) is 24.4 Å². The first kappa shape index (κ1) is 15.8. The third kappa shape index (κ3) is 2.88. The Kier molecular flexibility index (Phi) is 3.85. The Bertz CT molecular complexity index is 1160. The molecule has 2 aromatic heterocycles. The van der Waals surface area contributed by atoms with E-state index in [9.17, 15) is 9.59 Å². The minimum absolute atomic E-state index is 0.186. The van der Waals surface area contributed by atoms with Gasteiger partial charge in [-0.25, -0.2) is 0 Å². The number of benzene rings is 2. The average Bonchev–Trinajstić information content (AvgIpc) is 3.10. The van der Waals surface area contributed by atoms with Crippen molar-refractivity contribution >= 4 is 22.5 Å². The molecule has 0 fully saturated rings. The van der Waals surface area contributed by atoms with Gasteiger partial charge in [0.2, 0.25) is 5.56 Å². The number of amides is 1. The number of hydrogen-bond acceptors (Lipinski definition) is 3. The van der Waals surface area contributed by atoms with Crippen molar-refractivity contribution in [2.75, 3.05) is 5.32 Å². The molecule has 2 heterocycles. The summed E-state index contributed by atoms with van der Waals surface area (Å²) in [5, 5.41) is 10.7. The Morgan fingerprint density at radius 2 is 1.88 bits per heavy atom. The van der Waals surface area contributed by atoms with Crippen molar-refractivity contribution in [1.82, 2.24) is 15.2 Å². The lowest BCUT2D eigenvalue weighted by atomic mass is 10.1. The molecular weight excluding hydrogens is 328 g/mol. The predicted molar refractivity (Wildman–Crippen MR) is 101 cm³/mol. The summed E-state index contributed by atoms with van der Waals surface area (Å²) in [5.74, 6) is -0.271. The maximum atomic E-state index is 12.7. The van der Waals surface area contributed by atoms with Crippen molar-refractivity contribution in [2.45, 2.75) is 6.92 Å². The Morgan fingerprint density at radius 3 is 2.69 bits per heavy atom. The quantitative estimate of drug-likeness (QED) is 0.531. The molecule has 0 aliphatic rings. The summed E-state index contributed by atoms with van der Waals surface area (Å²) in [6.07, 6.45) is 1.58. The van der Waals surface area contributed by atoms with Gasteiger partial charge in [-0.05, 0) is 24.6 Å². The number of nitrogens with one attached hydrogen (secondary N) is 3. The third-order valence-corrected chi connectivity index (χ3v) is 4.26. The summed E-state index contributed by atoms with van der Waals surface area (Å²) < 4.78 is 0. The van der Waals surface area contributed by atoms with Crippen LogP contribution in [0.3, 0.4) is 0 Å². The van der Waals surface area contributed by atoms with E-state index >= 15 is 0 Å². The van der Waals surface area contributed by atoms with Gasteiger partial charge in [0.15, 0.2) is 0 Å². The van der Waals surface area contributed by atoms with Crippen molar-refractivity contribution in [1.29, 1.82) is 0 Å². The zero-order valence-electron chi connectivity index (χ0n) is 14.0. The summed E-state index contributed by atoms with van der Waals surface area (Å²) in [6.45, 7) is 1.87. The van der Waals surface area contributed by atoms with Gasteiger partial charge < -0.3 is 10.3 Å². The Hall–Kier alpha value is -3.67. The van der Waals surface area contributed by atoms with Gasteiger partial charge in [-0.15, -0.1) is 0 Å². The lowest BCUT2D eigenvalue weighted by Crippen LogP contribution is -2.13. The van der Waals surface area contributed by atoms with E-state index < -0.39 is 0 Å². The monoisotopic (exact) mass is 344 g/mol. The molecule has 0 spiro atoms. The number of aryl methyl sites for hydroxylation is 1. The first-order valence-electron chi connectivity index (χ1n) is 8.15. The van der Waals surface area contributed by atoms with Crippen molar-refractivity contribution in [3.63, 3.8) is 0 Å². The molecule has 26 heavy (non-hydrogen) atoms. The molecule has 0 unspecified atom stereocenters. The Balaban J connectivity index is 1.67. The molecule has 128 valence electrons. The van der Waals surface area contributed by atoms with E-state index in [2.05, 4.69) is 20.5 Å². The number of pyridine rings is 1. The van der Waals surface area contributed by atoms with Crippen LogP contribution in [0.1, 0.15) is 15.9 Å². The molecule has 0 bridgehead atoms. The van der Waals surface area contributed by atoms with E-state index in [0.717, 1.165) is 22.2 Å². The highest BCUT2D eigenvalue weighted by Crippen LogP contribution is 2.25. The maximum absolute atomic E-state index is 12.7. The number of aromatic amines is 2. The van der Waals surface area contributed by atoms with Crippen molar-refractivity contribution < 1.29 is 4.79 Å². The standard InChI is InChI=1S/C20H16N4O2/c1-12-9-18(25)22-16-10-14(7-8-15(12)16)20(26)23-17-11-21-24-19(17)13-5-3-2-4-6-13/h2-11H,1H3,(H,21,24)(H,22,25)(H,23,26). The van der Waals surface area contributed by atoms with Crippen LogP contribution in [0.2, 0.25) is 0 Å². The first-order chi connectivity index (χ1) is 12.6. The first-order valence-corrected chi connectivity index (χ1v) is 8.15. The summed E-state index contributed by atoms with van der Waals surface area (Å²) in [6, 6.07) is 16.4. The van der Waals surface area contributed by atoms with Gasteiger partial charge >= 0.3 is 0 Å². The molecular formula is C20H16N4O2. The van der Waals surface area contributed by atoms with E-state index in [0.29, 0.717) is 16.8 Å². The molecule has 0 radical (unpaired) electrons. The van der Waals surface area contributed by atoms with Gasteiger partial charge in [-0.1, -0.05) is 36.4 Å². The molecule has 0 aliphatic heterocycles. The largest absolute Gasteiger partial charge is 0.322 e. The van der Waals surface area contributed by atoms with Gasteiger partial charge in [0, 0.05) is 28.1 Å². The second kappa shape index (κ2) is 6.33. The number of anilines is 1. The molecule has 3 N–H and O–H groups in total. The molecule has 1 amide bonds. The average molecular weight is 344 g/mol. The zero-order chi connectivity index (χ0) is 18.1. The minimum Gasteiger partial charge on any atom is -0.322 e. The van der Waals surface area contributed by atoms with E-state index in [4.69, 9.17) is 0 Å². The normalized spacial score (nSPS) is 10.8. The molecule has 6 nitrogen and oxygen atoms in total. The van der Waals surface area contributed by atoms with E-state index in [1.807, 2.05) is 43.3 Å². The van der Waals surface area contributed by atoms with E-state index in [1.165, 1.54) is 0 Å². The molecule has 0 aliphatic carbocycles. The SMILES string of the molecule is Cc1cc(=O)[nH]c2cc(C(=O)Nc3cn[nH]c3-c3ccccc3)ccc12. The molecule has 0 saturated heterocycles. The van der Waals surface area contributed by atoms with Crippen LogP contribution in [0.5, 0.6) is 0 Å². The Labute approximate surface area is 148 Å². The van der Waals surface area contributed by atoms with Crippen LogP contribution in [0, 0.1) is 6.92 Å². The number of aromatic nitrogens is 3. The Morgan fingerprint density at radius 1 is 1.08 bits per heavy atom. The highest BCUT2D eigenvalue weighted by Gasteiger charge is 2.13. The molecule has 0 saturated carbocycles. The zero-order valence-corrected chi connectivity index (χ0v) is 14.0. The lowest BCUT2D eigenvalue weighted by Gasteiger charge is -2.08. The topological polar surface area (TPSA) is 90.6 Å². The molecule has 6 heteroatoms. The van der Waals surface area contributed by atoms with Gasteiger partial charge in [-0.3, -0.25) is 14.7 Å². The fraction of sp³-hybridized carbons (Fsp3) is 0.0500. The number of H-pyrrole nitrogens is 2. The number of carbonyl (C=O) groups excluding carboxylic acids is 1. The highest BCUT2D eigenvalue weighted by molar-refractivity contribution is 6.07. The van der Waals surface area contributed by atoms with Crippen LogP contribution >= 0.6 is 0 Å². The molecule has 2 aromatic carbocycles. The van der Waals surface area contributed by atoms with Crippen molar-refractivity contribution in [3.05, 3.63) is 82.3 Å². The number of carbonyl (C=O) groups is 1. The number of hydrogen-bond donors (Lipinski definition) is 3. The number of rotatable bonds is 3. The van der Waals surface area contributed by atoms with Gasteiger partial charge in [0.05, 0.1) is 17.6 Å². The van der Waals surface area contributed by atoms with Crippen molar-refractivity contribution in [2.24, 2.45) is 0 Å². The summed E-state index contributed by atoms with van der Waals surface area (Å²) in [7, 11) is 0. The van der Waals surface area contributed by atoms with Crippen LogP contribution in [-0.4, -0.2) is 21.1 Å². The van der Waals surface area contributed by atoms with Gasteiger partial charge in [-0.2, -0.15) is 5.10 Å². The molecule has 4 aromatic rings. The minimum atomic E-state index is -0.271. The second-order valence-electron chi connectivity index (χ2n) is 6.06. The number of fused-ring (bicyclic) bond motifs is 1. The second-order valence-corrected chi connectivity index (χ2v) is 6.06. The molecule has 4 rings (SSSR count). The van der Waals surface area contributed by atoms with Gasteiger partial charge in [0.25, 0.3) is 5.91 Å². The fourth-order valence-corrected chi connectivity index (χ4v) is 2.98. The number of nitrogens with zero attached hydrogens (tertiary/aromatic N) is 1. The highest BCUT2D eigenvalue weighted by atomic mass is 16.1. The van der Waals surface area contributed by atoms with Gasteiger partial charge in [0.1, 0.15) is 0 Å². The van der Waals surface area contributed by atoms with Crippen LogP contribution in [-0.2, 0) is 0 Å². The smallest absolute Gasteiger partial charge is 0.255 e. The van der Waals surface area contributed by atoms with Crippen molar-refractivity contribution in [3.8, 4) is 11.3 Å². The lowest BCUT2D eigenvalue weighted by molar-refractivity contribution is 0.102. The van der Waals surface area contributed by atoms with Crippen LogP contribution in [0.25, 0.3) is 22.2 Å². The summed E-state index contributed by atoms with van der Waals surface area (Å²) in [5.41, 5.74) is 4.05. The predicted octanol–water partition coefficient (Wildman–Crippen LogP) is 3.48. The maximum Gasteiger partial charge on any atom is 0.255 e. The van der Waals surface area contributed by atoms with Crippen LogP contribution < -0.4 is 10.9 Å². The summed E-state index contributed by atoms with van der Waals surface area (Å²) in [4.78, 5) is 27.1. The van der Waals surface area contributed by atoms with Crippen LogP contribution in [0.15, 0.2) is 65.6 Å².